The van der Waals surface area contributed by atoms with Crippen LogP contribution in [0.1, 0.15) is 0 Å². The summed E-state index contributed by atoms with van der Waals surface area (Å²) in [6.07, 6.45) is 1.70. The summed E-state index contributed by atoms with van der Waals surface area (Å²) in [4.78, 5) is 25.6. The lowest BCUT2D eigenvalue weighted by atomic mass is 10.4. The summed E-state index contributed by atoms with van der Waals surface area (Å²) in [7, 11) is 0. The van der Waals surface area contributed by atoms with E-state index in [4.69, 9.17) is 4.74 Å². The molecular weight excluding hydrogens is 344 g/mol. The molecule has 2 aromatic heterocycles. The number of ether oxygens (including phenoxy) is 1. The van der Waals surface area contributed by atoms with Gasteiger partial charge >= 0.3 is 0 Å². The number of morpholine rings is 1. The molecule has 0 radical (unpaired) electrons. The van der Waals surface area contributed by atoms with Crippen LogP contribution in [0.25, 0.3) is 11.2 Å². The predicted octanol–water partition coefficient (Wildman–Crippen LogP) is 1.67. The summed E-state index contributed by atoms with van der Waals surface area (Å²) in [5.41, 5.74) is 1.52. The maximum Gasteiger partial charge on any atom is 0.233 e. The summed E-state index contributed by atoms with van der Waals surface area (Å²) >= 11 is 4.77. The minimum atomic E-state index is 0.118. The predicted molar refractivity (Wildman–Crippen MR) is 79.7 cm³/mol. The Morgan fingerprint density at radius 3 is 3.10 bits per heavy atom. The molecule has 3 heterocycles. The third-order valence-corrected chi connectivity index (χ3v) is 4.27. The number of aromatic nitrogens is 3. The second-order valence-corrected chi connectivity index (χ2v) is 6.23. The van der Waals surface area contributed by atoms with Gasteiger partial charge in [0.05, 0.1) is 24.5 Å². The fourth-order valence-electron chi connectivity index (χ4n) is 1.95. The van der Waals surface area contributed by atoms with E-state index < -0.39 is 0 Å². The van der Waals surface area contributed by atoms with Crippen LogP contribution in [-0.4, -0.2) is 57.8 Å². The van der Waals surface area contributed by atoms with E-state index in [-0.39, 0.29) is 5.91 Å². The summed E-state index contributed by atoms with van der Waals surface area (Å²) in [6, 6.07) is 1.92. The monoisotopic (exact) mass is 356 g/mol. The molecule has 2 aromatic rings. The first-order valence-corrected chi connectivity index (χ1v) is 8.00. The van der Waals surface area contributed by atoms with Crippen LogP contribution >= 0.6 is 27.7 Å². The zero-order valence-electron chi connectivity index (χ0n) is 10.6. The number of hydrogen-bond donors (Lipinski definition) is 1. The quantitative estimate of drug-likeness (QED) is 0.847. The van der Waals surface area contributed by atoms with Gasteiger partial charge in [-0.1, -0.05) is 11.8 Å². The van der Waals surface area contributed by atoms with E-state index in [0.717, 1.165) is 9.99 Å². The molecule has 20 heavy (non-hydrogen) atoms. The molecule has 0 saturated carbocycles. The van der Waals surface area contributed by atoms with Crippen molar-refractivity contribution in [3.63, 3.8) is 0 Å². The number of hydrogen-bond acceptors (Lipinski definition) is 5. The van der Waals surface area contributed by atoms with Crippen LogP contribution in [0, 0.1) is 0 Å². The Balaban J connectivity index is 1.63. The molecule has 106 valence electrons. The molecule has 1 fully saturated rings. The molecular formula is C12H13BrN4O2S. The molecule has 0 atom stereocenters. The number of thioether (sulfide) groups is 1. The highest BCUT2D eigenvalue weighted by atomic mass is 79.9. The first-order chi connectivity index (χ1) is 9.72. The second-order valence-electron chi connectivity index (χ2n) is 4.35. The van der Waals surface area contributed by atoms with E-state index in [1.807, 2.05) is 11.0 Å². The van der Waals surface area contributed by atoms with Gasteiger partial charge in [0.15, 0.2) is 10.8 Å². The van der Waals surface area contributed by atoms with Gasteiger partial charge < -0.3 is 14.6 Å². The summed E-state index contributed by atoms with van der Waals surface area (Å²) in [6.45, 7) is 2.60. The van der Waals surface area contributed by atoms with Crippen molar-refractivity contribution in [1.82, 2.24) is 19.9 Å². The van der Waals surface area contributed by atoms with Crippen LogP contribution in [0.4, 0.5) is 0 Å². The van der Waals surface area contributed by atoms with Gasteiger partial charge in [0.25, 0.3) is 0 Å². The average molecular weight is 357 g/mol. The topological polar surface area (TPSA) is 71.1 Å². The zero-order chi connectivity index (χ0) is 13.9. The van der Waals surface area contributed by atoms with Crippen molar-refractivity contribution in [2.75, 3.05) is 32.1 Å². The average Bonchev–Trinajstić information content (AvgIpc) is 2.87. The number of pyridine rings is 1. The van der Waals surface area contributed by atoms with Gasteiger partial charge in [-0.25, -0.2) is 9.97 Å². The van der Waals surface area contributed by atoms with Gasteiger partial charge in [0.1, 0.15) is 0 Å². The van der Waals surface area contributed by atoms with E-state index in [1.165, 1.54) is 11.8 Å². The number of nitrogens with zero attached hydrogens (tertiary/aromatic N) is 3. The largest absolute Gasteiger partial charge is 0.378 e. The van der Waals surface area contributed by atoms with Gasteiger partial charge in [0, 0.05) is 23.8 Å². The minimum Gasteiger partial charge on any atom is -0.378 e. The lowest BCUT2D eigenvalue weighted by Gasteiger charge is -2.26. The van der Waals surface area contributed by atoms with Crippen molar-refractivity contribution in [3.8, 4) is 0 Å². The number of nitrogens with one attached hydrogen (secondary N) is 1. The third-order valence-electron chi connectivity index (χ3n) is 2.98. The number of aromatic amines is 1. The molecule has 1 amide bonds. The van der Waals surface area contributed by atoms with Gasteiger partial charge in [-0.15, -0.1) is 0 Å². The molecule has 8 heteroatoms. The number of imidazole rings is 1. The SMILES string of the molecule is O=C(CSc1nc2ncc(Br)cc2[nH]1)N1CCOCC1. The molecule has 0 bridgehead atoms. The Morgan fingerprint density at radius 1 is 1.50 bits per heavy atom. The van der Waals surface area contributed by atoms with E-state index in [0.29, 0.717) is 42.9 Å². The Morgan fingerprint density at radius 2 is 2.30 bits per heavy atom. The van der Waals surface area contributed by atoms with Crippen molar-refractivity contribution in [1.29, 1.82) is 0 Å². The maximum atomic E-state index is 12.0. The Hall–Kier alpha value is -1.12. The smallest absolute Gasteiger partial charge is 0.233 e. The van der Waals surface area contributed by atoms with E-state index in [1.54, 1.807) is 6.20 Å². The molecule has 3 rings (SSSR count). The normalized spacial score (nSPS) is 15.8. The molecule has 6 nitrogen and oxygen atoms in total. The van der Waals surface area contributed by atoms with E-state index in [2.05, 4.69) is 30.9 Å². The van der Waals surface area contributed by atoms with Crippen molar-refractivity contribution in [2.24, 2.45) is 0 Å². The van der Waals surface area contributed by atoms with Gasteiger partial charge in [-0.3, -0.25) is 4.79 Å². The molecule has 1 saturated heterocycles. The van der Waals surface area contributed by atoms with Crippen LogP contribution in [-0.2, 0) is 9.53 Å². The van der Waals surface area contributed by atoms with Gasteiger partial charge in [-0.2, -0.15) is 0 Å². The van der Waals surface area contributed by atoms with Crippen LogP contribution in [0.2, 0.25) is 0 Å². The minimum absolute atomic E-state index is 0.118. The van der Waals surface area contributed by atoms with Crippen molar-refractivity contribution < 1.29 is 9.53 Å². The Labute approximate surface area is 128 Å². The van der Waals surface area contributed by atoms with Crippen LogP contribution in [0.3, 0.4) is 0 Å². The third kappa shape index (κ3) is 3.13. The summed E-state index contributed by atoms with van der Waals surface area (Å²) < 4.78 is 6.13. The highest BCUT2D eigenvalue weighted by Gasteiger charge is 2.17. The number of carbonyl (C=O) groups is 1. The van der Waals surface area contributed by atoms with E-state index >= 15 is 0 Å². The van der Waals surface area contributed by atoms with Crippen LogP contribution in [0.5, 0.6) is 0 Å². The zero-order valence-corrected chi connectivity index (χ0v) is 13.0. The first kappa shape index (κ1) is 13.8. The molecule has 0 spiro atoms. The molecule has 1 aliphatic rings. The number of H-pyrrole nitrogens is 1. The number of fused-ring (bicyclic) bond motifs is 1. The van der Waals surface area contributed by atoms with E-state index in [9.17, 15) is 4.79 Å². The van der Waals surface area contributed by atoms with Crippen molar-refractivity contribution in [2.45, 2.75) is 5.16 Å². The molecule has 0 unspecified atom stereocenters. The summed E-state index contributed by atoms with van der Waals surface area (Å²) in [5, 5.41) is 0.715. The van der Waals surface area contributed by atoms with Crippen molar-refractivity contribution >= 4 is 44.8 Å². The lowest BCUT2D eigenvalue weighted by molar-refractivity contribution is -0.132. The highest BCUT2D eigenvalue weighted by molar-refractivity contribution is 9.10. The number of amides is 1. The fourth-order valence-corrected chi connectivity index (χ4v) is 3.06. The maximum absolute atomic E-state index is 12.0. The summed E-state index contributed by atoms with van der Waals surface area (Å²) in [5.74, 6) is 0.494. The van der Waals surface area contributed by atoms with Gasteiger partial charge in [-0.05, 0) is 22.0 Å². The van der Waals surface area contributed by atoms with Crippen LogP contribution < -0.4 is 0 Å². The standard InChI is InChI=1S/C12H13BrN4O2S/c13-8-5-9-11(14-6-8)16-12(15-9)20-7-10(18)17-1-3-19-4-2-17/h5-6H,1-4,7H2,(H,14,15,16). The highest BCUT2D eigenvalue weighted by Crippen LogP contribution is 2.21. The number of rotatable bonds is 3. The molecule has 0 aromatic carbocycles. The molecule has 0 aliphatic carbocycles. The fraction of sp³-hybridized carbons (Fsp3) is 0.417. The van der Waals surface area contributed by atoms with Crippen LogP contribution in [0.15, 0.2) is 21.9 Å². The lowest BCUT2D eigenvalue weighted by Crippen LogP contribution is -2.41. The Bertz CT molecular complexity index is 627. The van der Waals surface area contributed by atoms with Crippen molar-refractivity contribution in [3.05, 3.63) is 16.7 Å². The number of halogens is 1. The molecule has 1 N–H and O–H groups in total. The Kier molecular flexibility index (Phi) is 4.23. The second kappa shape index (κ2) is 6.11. The van der Waals surface area contributed by atoms with Gasteiger partial charge in [0.2, 0.25) is 5.91 Å². The molecule has 1 aliphatic heterocycles. The number of carbonyl (C=O) groups excluding carboxylic acids is 1. The first-order valence-electron chi connectivity index (χ1n) is 6.22.